The molecule has 0 bridgehead atoms. The zero-order valence-corrected chi connectivity index (χ0v) is 9.32. The zero-order valence-electron chi connectivity index (χ0n) is 9.32. The molecule has 1 N–H and O–H groups in total. The molecule has 2 aromatic rings. The van der Waals surface area contributed by atoms with E-state index < -0.39 is 0 Å². The highest BCUT2D eigenvalue weighted by atomic mass is 16.1. The highest BCUT2D eigenvalue weighted by Crippen LogP contribution is 2.11. The number of hydrogen-bond acceptors (Lipinski definition) is 3. The third-order valence-electron chi connectivity index (χ3n) is 2.62. The second-order valence-electron chi connectivity index (χ2n) is 3.85. The van der Waals surface area contributed by atoms with Crippen LogP contribution in [0.15, 0.2) is 24.5 Å². The Morgan fingerprint density at radius 3 is 2.75 bits per heavy atom. The van der Waals surface area contributed by atoms with Crippen LogP contribution in [0, 0.1) is 13.8 Å². The molecular formula is C12H13N3O. The fraction of sp³-hybridized carbons (Fsp3) is 0.250. The molecule has 82 valence electrons. The molecular weight excluding hydrogens is 202 g/mol. The molecule has 0 unspecified atom stereocenters. The van der Waals surface area contributed by atoms with Gasteiger partial charge in [-0.2, -0.15) is 5.10 Å². The van der Waals surface area contributed by atoms with E-state index in [1.165, 1.54) is 17.5 Å². The lowest BCUT2D eigenvalue weighted by Gasteiger charge is -2.03. The summed E-state index contributed by atoms with van der Waals surface area (Å²) in [5.41, 5.74) is 3.43. The SMILES string of the molecule is Cc1ccc(CC(=O)c2ncn[nH]2)cc1C. The van der Waals surface area contributed by atoms with Crippen molar-refractivity contribution in [2.45, 2.75) is 20.3 Å². The van der Waals surface area contributed by atoms with Crippen molar-refractivity contribution in [2.75, 3.05) is 0 Å². The minimum atomic E-state index is -0.0410. The molecule has 0 aliphatic heterocycles. The normalized spacial score (nSPS) is 10.4. The van der Waals surface area contributed by atoms with Crippen LogP contribution in [0.25, 0.3) is 0 Å². The Morgan fingerprint density at radius 1 is 1.31 bits per heavy atom. The molecule has 4 heteroatoms. The van der Waals surface area contributed by atoms with Crippen LogP contribution < -0.4 is 0 Å². The van der Waals surface area contributed by atoms with E-state index in [0.717, 1.165) is 5.56 Å². The minimum absolute atomic E-state index is 0.0410. The smallest absolute Gasteiger partial charge is 0.203 e. The molecule has 0 saturated carbocycles. The van der Waals surface area contributed by atoms with E-state index in [1.54, 1.807) is 0 Å². The number of nitrogens with zero attached hydrogens (tertiary/aromatic N) is 2. The molecule has 0 amide bonds. The van der Waals surface area contributed by atoms with Crippen molar-refractivity contribution in [1.82, 2.24) is 15.2 Å². The molecule has 0 aliphatic carbocycles. The average Bonchev–Trinajstić information content (AvgIpc) is 2.77. The second kappa shape index (κ2) is 4.26. The molecule has 0 spiro atoms. The lowest BCUT2D eigenvalue weighted by molar-refractivity contribution is 0.0983. The van der Waals surface area contributed by atoms with E-state index in [0.29, 0.717) is 12.2 Å². The highest BCUT2D eigenvalue weighted by Gasteiger charge is 2.09. The summed E-state index contributed by atoms with van der Waals surface area (Å²) in [5, 5.41) is 6.23. The zero-order chi connectivity index (χ0) is 11.5. The van der Waals surface area contributed by atoms with Crippen LogP contribution >= 0.6 is 0 Å². The summed E-state index contributed by atoms with van der Waals surface area (Å²) < 4.78 is 0. The van der Waals surface area contributed by atoms with Gasteiger partial charge in [0.25, 0.3) is 0 Å². The standard InChI is InChI=1S/C12H13N3O/c1-8-3-4-10(5-9(8)2)6-11(16)12-13-7-14-15-12/h3-5,7H,6H2,1-2H3,(H,13,14,15). The molecule has 0 atom stereocenters. The summed E-state index contributed by atoms with van der Waals surface area (Å²) in [6, 6.07) is 6.03. The minimum Gasteiger partial charge on any atom is -0.290 e. The van der Waals surface area contributed by atoms with Crippen LogP contribution in [-0.2, 0) is 6.42 Å². The van der Waals surface area contributed by atoms with Crippen LogP contribution in [0.3, 0.4) is 0 Å². The molecule has 0 radical (unpaired) electrons. The lowest BCUT2D eigenvalue weighted by Crippen LogP contribution is -2.06. The molecule has 1 heterocycles. The number of nitrogens with one attached hydrogen (secondary N) is 1. The van der Waals surface area contributed by atoms with Gasteiger partial charge in [0.1, 0.15) is 6.33 Å². The summed E-state index contributed by atoms with van der Waals surface area (Å²) in [6.07, 6.45) is 1.70. The number of rotatable bonds is 3. The maximum Gasteiger partial charge on any atom is 0.203 e. The number of Topliss-reactive ketones (excluding diaryl/α,β-unsaturated/α-hetero) is 1. The van der Waals surface area contributed by atoms with Gasteiger partial charge in [-0.25, -0.2) is 4.98 Å². The highest BCUT2D eigenvalue weighted by molar-refractivity contribution is 5.93. The fourth-order valence-corrected chi connectivity index (χ4v) is 1.52. The Labute approximate surface area is 93.7 Å². The largest absolute Gasteiger partial charge is 0.290 e. The van der Waals surface area contributed by atoms with E-state index in [2.05, 4.69) is 22.1 Å². The summed E-state index contributed by atoms with van der Waals surface area (Å²) in [5.74, 6) is 0.277. The van der Waals surface area contributed by atoms with Crippen molar-refractivity contribution in [1.29, 1.82) is 0 Å². The fourth-order valence-electron chi connectivity index (χ4n) is 1.52. The van der Waals surface area contributed by atoms with Crippen molar-refractivity contribution in [3.63, 3.8) is 0 Å². The molecule has 1 aromatic carbocycles. The Bertz CT molecular complexity index is 503. The van der Waals surface area contributed by atoms with Crippen molar-refractivity contribution in [2.24, 2.45) is 0 Å². The predicted molar refractivity (Wildman–Crippen MR) is 60.3 cm³/mol. The van der Waals surface area contributed by atoms with E-state index in [9.17, 15) is 4.79 Å². The van der Waals surface area contributed by atoms with Crippen LogP contribution in [0.2, 0.25) is 0 Å². The average molecular weight is 215 g/mol. The molecule has 0 aliphatic rings. The van der Waals surface area contributed by atoms with E-state index >= 15 is 0 Å². The topological polar surface area (TPSA) is 58.6 Å². The number of hydrogen-bond donors (Lipinski definition) is 1. The summed E-state index contributed by atoms with van der Waals surface area (Å²) >= 11 is 0. The lowest BCUT2D eigenvalue weighted by atomic mass is 10.0. The quantitative estimate of drug-likeness (QED) is 0.795. The Hall–Kier alpha value is -1.97. The molecule has 0 fully saturated rings. The maximum absolute atomic E-state index is 11.7. The predicted octanol–water partition coefficient (Wildman–Crippen LogP) is 1.85. The number of aromatic nitrogens is 3. The maximum atomic E-state index is 11.7. The Kier molecular flexibility index (Phi) is 2.81. The van der Waals surface area contributed by atoms with Crippen molar-refractivity contribution >= 4 is 5.78 Å². The van der Waals surface area contributed by atoms with Gasteiger partial charge >= 0.3 is 0 Å². The van der Waals surface area contributed by atoms with Gasteiger partial charge < -0.3 is 0 Å². The number of aromatic amines is 1. The molecule has 16 heavy (non-hydrogen) atoms. The third-order valence-corrected chi connectivity index (χ3v) is 2.62. The summed E-state index contributed by atoms with van der Waals surface area (Å²) in [4.78, 5) is 15.6. The molecule has 0 saturated heterocycles. The van der Waals surface area contributed by atoms with Gasteiger partial charge in [0, 0.05) is 6.42 Å². The van der Waals surface area contributed by atoms with Crippen LogP contribution in [-0.4, -0.2) is 21.0 Å². The summed E-state index contributed by atoms with van der Waals surface area (Å²) in [6.45, 7) is 4.09. The van der Waals surface area contributed by atoms with Gasteiger partial charge in [0.05, 0.1) is 0 Å². The number of H-pyrrole nitrogens is 1. The summed E-state index contributed by atoms with van der Waals surface area (Å²) in [7, 11) is 0. The first-order valence-electron chi connectivity index (χ1n) is 5.11. The first kappa shape index (κ1) is 10.5. The first-order chi connectivity index (χ1) is 7.66. The van der Waals surface area contributed by atoms with E-state index in [4.69, 9.17) is 0 Å². The Morgan fingerprint density at radius 2 is 2.12 bits per heavy atom. The molecule has 2 rings (SSSR count). The second-order valence-corrected chi connectivity index (χ2v) is 3.85. The monoisotopic (exact) mass is 215 g/mol. The molecule has 4 nitrogen and oxygen atoms in total. The first-order valence-corrected chi connectivity index (χ1v) is 5.11. The number of carbonyl (C=O) groups excluding carboxylic acids is 1. The molecule has 1 aromatic heterocycles. The van der Waals surface area contributed by atoms with Crippen molar-refractivity contribution < 1.29 is 4.79 Å². The van der Waals surface area contributed by atoms with E-state index in [1.807, 2.05) is 25.1 Å². The van der Waals surface area contributed by atoms with Gasteiger partial charge in [-0.05, 0) is 30.5 Å². The van der Waals surface area contributed by atoms with Crippen LogP contribution in [0.4, 0.5) is 0 Å². The van der Waals surface area contributed by atoms with Crippen LogP contribution in [0.1, 0.15) is 27.3 Å². The Balaban J connectivity index is 2.15. The van der Waals surface area contributed by atoms with Gasteiger partial charge in [0.2, 0.25) is 5.78 Å². The van der Waals surface area contributed by atoms with Gasteiger partial charge in [-0.3, -0.25) is 9.89 Å². The third kappa shape index (κ3) is 2.16. The van der Waals surface area contributed by atoms with Gasteiger partial charge in [0.15, 0.2) is 5.82 Å². The number of carbonyl (C=O) groups is 1. The van der Waals surface area contributed by atoms with E-state index in [-0.39, 0.29) is 5.78 Å². The van der Waals surface area contributed by atoms with Crippen molar-refractivity contribution in [3.8, 4) is 0 Å². The van der Waals surface area contributed by atoms with Crippen molar-refractivity contribution in [3.05, 3.63) is 47.0 Å². The number of benzene rings is 1. The van der Waals surface area contributed by atoms with Crippen LogP contribution in [0.5, 0.6) is 0 Å². The van der Waals surface area contributed by atoms with Gasteiger partial charge in [-0.1, -0.05) is 18.2 Å². The number of ketones is 1. The van der Waals surface area contributed by atoms with Gasteiger partial charge in [-0.15, -0.1) is 0 Å². The number of aryl methyl sites for hydroxylation is 2.